The van der Waals surface area contributed by atoms with Crippen LogP contribution in [0.15, 0.2) is 0 Å². The highest BCUT2D eigenvalue weighted by Crippen LogP contribution is 2.54. The summed E-state index contributed by atoms with van der Waals surface area (Å²) >= 11 is 0. The molecule has 0 spiro atoms. The Morgan fingerprint density at radius 1 is 1.19 bits per heavy atom. The van der Waals surface area contributed by atoms with Gasteiger partial charge in [-0.3, -0.25) is 4.79 Å². The fourth-order valence-electron chi connectivity index (χ4n) is 2.85. The predicted molar refractivity (Wildman–Crippen MR) is 60.9 cm³/mol. The zero-order valence-corrected chi connectivity index (χ0v) is 9.78. The molecular formula is C13H21NO2. The van der Waals surface area contributed by atoms with Crippen LogP contribution in [-0.4, -0.2) is 25.7 Å². The maximum absolute atomic E-state index is 11.8. The van der Waals surface area contributed by atoms with Crippen molar-refractivity contribution in [3.8, 4) is 0 Å². The van der Waals surface area contributed by atoms with Crippen LogP contribution in [0.1, 0.15) is 32.1 Å². The molecule has 0 bridgehead atoms. The first-order valence-electron chi connectivity index (χ1n) is 6.68. The molecule has 0 aromatic heterocycles. The van der Waals surface area contributed by atoms with Gasteiger partial charge in [0.15, 0.2) is 0 Å². The van der Waals surface area contributed by atoms with Gasteiger partial charge in [0.2, 0.25) is 5.91 Å². The maximum Gasteiger partial charge on any atom is 0.223 e. The summed E-state index contributed by atoms with van der Waals surface area (Å²) < 4.78 is 5.49. The topological polar surface area (TPSA) is 38.3 Å². The van der Waals surface area contributed by atoms with Crippen molar-refractivity contribution in [2.75, 3.05) is 19.8 Å². The zero-order valence-electron chi connectivity index (χ0n) is 9.78. The molecule has 2 unspecified atom stereocenters. The lowest BCUT2D eigenvalue weighted by atomic mass is 10.0. The Labute approximate surface area is 96.9 Å². The van der Waals surface area contributed by atoms with Gasteiger partial charge >= 0.3 is 0 Å². The highest BCUT2D eigenvalue weighted by atomic mass is 16.5. The quantitative estimate of drug-likeness (QED) is 0.694. The first-order chi connectivity index (χ1) is 7.83. The lowest BCUT2D eigenvalue weighted by molar-refractivity contribution is -0.125. The summed E-state index contributed by atoms with van der Waals surface area (Å²) in [6.07, 6.45) is 6.32. The Bertz CT molecular complexity index is 265. The second-order valence-electron chi connectivity index (χ2n) is 5.73. The van der Waals surface area contributed by atoms with Gasteiger partial charge in [-0.1, -0.05) is 0 Å². The van der Waals surface area contributed by atoms with Crippen LogP contribution in [0.2, 0.25) is 0 Å². The molecule has 3 nitrogen and oxygen atoms in total. The Morgan fingerprint density at radius 3 is 2.62 bits per heavy atom. The number of hydrogen-bond donors (Lipinski definition) is 1. The smallest absolute Gasteiger partial charge is 0.223 e. The molecule has 2 atom stereocenters. The van der Waals surface area contributed by atoms with Crippen molar-refractivity contribution in [3.63, 3.8) is 0 Å². The van der Waals surface area contributed by atoms with E-state index >= 15 is 0 Å². The fraction of sp³-hybridized carbons (Fsp3) is 0.923. The third kappa shape index (κ3) is 2.57. The van der Waals surface area contributed by atoms with Crippen molar-refractivity contribution in [1.29, 1.82) is 0 Å². The minimum absolute atomic E-state index is 0.266. The highest BCUT2D eigenvalue weighted by Gasteiger charge is 2.47. The van der Waals surface area contributed by atoms with Gasteiger partial charge in [-0.2, -0.15) is 0 Å². The number of carbonyl (C=O) groups excluding carboxylic acids is 1. The van der Waals surface area contributed by atoms with Gasteiger partial charge in [0.25, 0.3) is 0 Å². The fourth-order valence-corrected chi connectivity index (χ4v) is 2.85. The van der Waals surface area contributed by atoms with Gasteiger partial charge in [0, 0.05) is 19.1 Å². The van der Waals surface area contributed by atoms with Crippen LogP contribution >= 0.6 is 0 Å². The van der Waals surface area contributed by atoms with E-state index in [1.165, 1.54) is 19.3 Å². The number of fused-ring (bicyclic) bond motifs is 1. The molecule has 16 heavy (non-hydrogen) atoms. The average Bonchev–Trinajstić information content (AvgIpc) is 3.19. The zero-order chi connectivity index (χ0) is 11.0. The van der Waals surface area contributed by atoms with Gasteiger partial charge in [0.05, 0.1) is 6.61 Å². The van der Waals surface area contributed by atoms with E-state index in [1.54, 1.807) is 0 Å². The van der Waals surface area contributed by atoms with Crippen LogP contribution in [0.4, 0.5) is 0 Å². The van der Waals surface area contributed by atoms with Gasteiger partial charge < -0.3 is 10.1 Å². The van der Waals surface area contributed by atoms with Crippen LogP contribution in [-0.2, 0) is 9.53 Å². The molecule has 0 aliphatic heterocycles. The molecule has 3 rings (SSSR count). The standard InChI is InChI=1S/C13H21NO2/c15-13(12-6-10-5-11(10)7-12)14-3-4-16-8-9-1-2-9/h9-12H,1-8H2,(H,14,15). The average molecular weight is 223 g/mol. The SMILES string of the molecule is O=C(NCCOCC1CC1)C1CC2CC2C1. The van der Waals surface area contributed by atoms with Crippen molar-refractivity contribution >= 4 is 5.91 Å². The van der Waals surface area contributed by atoms with Crippen molar-refractivity contribution in [2.24, 2.45) is 23.7 Å². The summed E-state index contributed by atoms with van der Waals surface area (Å²) in [5, 5.41) is 3.00. The molecule has 0 saturated heterocycles. The highest BCUT2D eigenvalue weighted by molar-refractivity contribution is 5.79. The van der Waals surface area contributed by atoms with Crippen LogP contribution in [0.25, 0.3) is 0 Å². The number of rotatable bonds is 6. The summed E-state index contributed by atoms with van der Waals surface area (Å²) in [7, 11) is 0. The van der Waals surface area contributed by atoms with Gasteiger partial charge in [-0.15, -0.1) is 0 Å². The molecular weight excluding hydrogens is 202 g/mol. The molecule has 3 fully saturated rings. The predicted octanol–water partition coefficient (Wildman–Crippen LogP) is 1.58. The van der Waals surface area contributed by atoms with Gasteiger partial charge in [0.1, 0.15) is 0 Å². The summed E-state index contributed by atoms with van der Waals surface area (Å²) in [5.74, 6) is 3.18. The third-order valence-corrected chi connectivity index (χ3v) is 4.21. The Balaban J connectivity index is 1.25. The second kappa shape index (κ2) is 4.36. The summed E-state index contributed by atoms with van der Waals surface area (Å²) in [5.41, 5.74) is 0. The summed E-state index contributed by atoms with van der Waals surface area (Å²) in [4.78, 5) is 11.8. The van der Waals surface area contributed by atoms with Crippen molar-refractivity contribution in [1.82, 2.24) is 5.32 Å². The van der Waals surface area contributed by atoms with Crippen LogP contribution in [0.3, 0.4) is 0 Å². The van der Waals surface area contributed by atoms with E-state index in [1.807, 2.05) is 0 Å². The molecule has 90 valence electrons. The molecule has 3 aliphatic rings. The minimum Gasteiger partial charge on any atom is -0.379 e. The molecule has 0 radical (unpaired) electrons. The molecule has 0 aromatic rings. The van der Waals surface area contributed by atoms with Gasteiger partial charge in [-0.25, -0.2) is 0 Å². The molecule has 1 amide bonds. The molecule has 1 N–H and O–H groups in total. The summed E-state index contributed by atoms with van der Waals surface area (Å²) in [6, 6.07) is 0. The number of ether oxygens (including phenoxy) is 1. The maximum atomic E-state index is 11.8. The Morgan fingerprint density at radius 2 is 1.94 bits per heavy atom. The van der Waals surface area contributed by atoms with E-state index in [0.717, 1.165) is 37.2 Å². The van der Waals surface area contributed by atoms with Crippen molar-refractivity contribution in [3.05, 3.63) is 0 Å². The normalized spacial score (nSPS) is 35.9. The van der Waals surface area contributed by atoms with Crippen LogP contribution in [0, 0.1) is 23.7 Å². The lowest BCUT2D eigenvalue weighted by Crippen LogP contribution is -2.32. The first-order valence-corrected chi connectivity index (χ1v) is 6.68. The minimum atomic E-state index is 0.266. The Hall–Kier alpha value is -0.570. The first kappa shape index (κ1) is 10.6. The van der Waals surface area contributed by atoms with Crippen LogP contribution < -0.4 is 5.32 Å². The summed E-state index contributed by atoms with van der Waals surface area (Å²) in [6.45, 7) is 2.27. The number of nitrogens with one attached hydrogen (secondary N) is 1. The van der Waals surface area contributed by atoms with E-state index in [0.29, 0.717) is 19.1 Å². The lowest BCUT2D eigenvalue weighted by Gasteiger charge is -2.12. The Kier molecular flexibility index (Phi) is 2.88. The van der Waals surface area contributed by atoms with Gasteiger partial charge in [-0.05, 0) is 49.9 Å². The van der Waals surface area contributed by atoms with E-state index in [2.05, 4.69) is 5.32 Å². The number of amides is 1. The molecule has 0 aromatic carbocycles. The second-order valence-corrected chi connectivity index (χ2v) is 5.73. The molecule has 3 saturated carbocycles. The monoisotopic (exact) mass is 223 g/mol. The third-order valence-electron chi connectivity index (χ3n) is 4.21. The number of hydrogen-bond acceptors (Lipinski definition) is 2. The van der Waals surface area contributed by atoms with E-state index < -0.39 is 0 Å². The van der Waals surface area contributed by atoms with Crippen molar-refractivity contribution < 1.29 is 9.53 Å². The molecule has 0 heterocycles. The van der Waals surface area contributed by atoms with E-state index in [4.69, 9.17) is 4.74 Å². The largest absolute Gasteiger partial charge is 0.379 e. The van der Waals surface area contributed by atoms with E-state index in [-0.39, 0.29) is 5.91 Å². The number of carbonyl (C=O) groups is 1. The van der Waals surface area contributed by atoms with Crippen molar-refractivity contribution in [2.45, 2.75) is 32.1 Å². The van der Waals surface area contributed by atoms with Crippen LogP contribution in [0.5, 0.6) is 0 Å². The molecule has 3 aliphatic carbocycles. The van der Waals surface area contributed by atoms with E-state index in [9.17, 15) is 4.79 Å². The molecule has 3 heteroatoms.